The van der Waals surface area contributed by atoms with Crippen LogP contribution in [-0.4, -0.2) is 19.9 Å². The molecule has 6 heteroatoms. The molecule has 0 bridgehead atoms. The minimum atomic E-state index is 0. The van der Waals surface area contributed by atoms with E-state index in [-0.39, 0.29) is 40.2 Å². The van der Waals surface area contributed by atoms with Crippen molar-refractivity contribution in [3.63, 3.8) is 0 Å². The van der Waals surface area contributed by atoms with E-state index in [1.807, 2.05) is 166 Å². The molecule has 0 aliphatic heterocycles. The van der Waals surface area contributed by atoms with Gasteiger partial charge in [-0.3, -0.25) is 15.0 Å². The molecule has 0 unspecified atom stereocenters. The Morgan fingerprint density at radius 1 is 0.455 bits per heavy atom. The largest absolute Gasteiger partial charge is 0.283 e. The van der Waals surface area contributed by atoms with E-state index in [9.17, 15) is 0 Å². The summed E-state index contributed by atoms with van der Waals surface area (Å²) in [6.07, 6.45) is 0. The number of rotatable bonds is 2. The third-order valence-electron chi connectivity index (χ3n) is 5.42. The Hall–Kier alpha value is -3.14. The molecular weight excluding hydrogens is 897 g/mol. The number of hydrogen-bond donors (Lipinski definition) is 0. The molecule has 0 aliphatic carbocycles. The molecule has 2 heterocycles. The van der Waals surface area contributed by atoms with Gasteiger partial charge < -0.3 is 0 Å². The number of benzene rings is 4. The molecule has 0 aliphatic rings. The van der Waals surface area contributed by atoms with Crippen molar-refractivity contribution in [3.05, 3.63) is 121 Å². The summed E-state index contributed by atoms with van der Waals surface area (Å²) >= 11 is 0. The second-order valence-electron chi connectivity index (χ2n) is 7.84. The van der Waals surface area contributed by atoms with Crippen molar-refractivity contribution in [2.75, 3.05) is 0 Å². The van der Waals surface area contributed by atoms with E-state index in [1.165, 1.54) is 0 Å². The number of fused-ring (bicyclic) bond motifs is 2. The average Bonchev–Trinajstić information content (AvgIpc) is 3.09. The van der Waals surface area contributed by atoms with Crippen LogP contribution in [0, 0.1) is 26.0 Å². The Balaban J connectivity index is 0. The summed E-state index contributed by atoms with van der Waals surface area (Å²) in [7, 11) is 0. The SMILES string of the molecule is CC.CC.CC.CC.Cc1nc(-c2[c-]cccc2)c2ccccc2n1.Cc1nc(-c2[c-]cccc2)nc2ccccc12.[Ir].[Ir]. The third kappa shape index (κ3) is 12.5. The molecule has 6 aromatic rings. The predicted molar refractivity (Wildman–Crippen MR) is 182 cm³/mol. The molecule has 0 saturated heterocycles. The summed E-state index contributed by atoms with van der Waals surface area (Å²) in [6.45, 7) is 19.9. The number of hydrogen-bond acceptors (Lipinski definition) is 4. The van der Waals surface area contributed by atoms with Crippen LogP contribution in [-0.2, 0) is 40.2 Å². The number of aryl methyl sites for hydroxylation is 2. The van der Waals surface area contributed by atoms with Gasteiger partial charge in [-0.15, -0.1) is 71.8 Å². The Morgan fingerprint density at radius 2 is 0.909 bits per heavy atom. The average molecular weight is 943 g/mol. The molecule has 2 radical (unpaired) electrons. The standard InChI is InChI=1S/2C15H11N2.4C2H6.2Ir/c1-11-16-14-10-6-5-9-13(14)15(17-11)12-7-3-2-4-8-12;1-11-13-9-5-6-10-14(13)17-15(16-11)12-7-3-2-4-8-12;4*1-2;;/h2*2-7,9-10H,1H3;4*1-2H3;;/q2*-1;;;;;;. The maximum atomic E-state index is 4.56. The topological polar surface area (TPSA) is 51.6 Å². The monoisotopic (exact) mass is 944 g/mol. The van der Waals surface area contributed by atoms with Crippen LogP contribution < -0.4 is 0 Å². The summed E-state index contributed by atoms with van der Waals surface area (Å²) in [4.78, 5) is 18.1. The fourth-order valence-corrected chi connectivity index (χ4v) is 3.83. The van der Waals surface area contributed by atoms with Gasteiger partial charge in [-0.25, -0.2) is 4.98 Å². The predicted octanol–water partition coefficient (Wildman–Crippen LogP) is 10.9. The van der Waals surface area contributed by atoms with E-state index >= 15 is 0 Å². The van der Waals surface area contributed by atoms with Crippen molar-refractivity contribution in [3.8, 4) is 22.6 Å². The summed E-state index contributed by atoms with van der Waals surface area (Å²) in [5, 5.41) is 2.17. The van der Waals surface area contributed by atoms with E-state index in [1.54, 1.807) is 0 Å². The summed E-state index contributed by atoms with van der Waals surface area (Å²) in [6, 6.07) is 38.1. The van der Waals surface area contributed by atoms with Gasteiger partial charge in [-0.2, -0.15) is 0 Å². The van der Waals surface area contributed by atoms with Crippen LogP contribution in [0.15, 0.2) is 97.1 Å². The molecule has 4 nitrogen and oxygen atoms in total. The van der Waals surface area contributed by atoms with Gasteiger partial charge in [-0.1, -0.05) is 91.8 Å². The number of aromatic nitrogens is 4. The second kappa shape index (κ2) is 25.2. The first kappa shape index (κ1) is 43.0. The van der Waals surface area contributed by atoms with Gasteiger partial charge in [-0.05, 0) is 37.1 Å². The van der Waals surface area contributed by atoms with Crippen molar-refractivity contribution in [2.45, 2.75) is 69.2 Å². The van der Waals surface area contributed by atoms with Crippen LogP contribution in [0.1, 0.15) is 66.9 Å². The zero-order valence-corrected chi connectivity index (χ0v) is 32.5. The van der Waals surface area contributed by atoms with Crippen LogP contribution in [0.5, 0.6) is 0 Å². The van der Waals surface area contributed by atoms with Gasteiger partial charge in [0.15, 0.2) is 0 Å². The first-order valence-corrected chi connectivity index (χ1v) is 15.1. The summed E-state index contributed by atoms with van der Waals surface area (Å²) < 4.78 is 0. The van der Waals surface area contributed by atoms with E-state index in [2.05, 4.69) is 32.1 Å². The smallest absolute Gasteiger partial charge is 0.116 e. The first-order chi connectivity index (χ1) is 20.7. The van der Waals surface area contributed by atoms with Gasteiger partial charge >= 0.3 is 0 Å². The quantitative estimate of drug-likeness (QED) is 0.162. The Labute approximate surface area is 292 Å². The van der Waals surface area contributed by atoms with Crippen molar-refractivity contribution in [1.82, 2.24) is 19.9 Å². The zero-order valence-electron chi connectivity index (χ0n) is 27.7. The first-order valence-electron chi connectivity index (χ1n) is 15.1. The second-order valence-corrected chi connectivity index (χ2v) is 7.84. The van der Waals surface area contributed by atoms with E-state index in [0.29, 0.717) is 0 Å². The molecule has 0 fully saturated rings. The maximum absolute atomic E-state index is 4.56. The zero-order chi connectivity index (χ0) is 31.3. The molecule has 44 heavy (non-hydrogen) atoms. The van der Waals surface area contributed by atoms with Crippen LogP contribution in [0.4, 0.5) is 0 Å². The minimum absolute atomic E-state index is 0. The molecule has 238 valence electrons. The summed E-state index contributed by atoms with van der Waals surface area (Å²) in [5.74, 6) is 1.53. The fraction of sp³-hybridized carbons (Fsp3) is 0.263. The van der Waals surface area contributed by atoms with Crippen molar-refractivity contribution in [1.29, 1.82) is 0 Å². The molecular formula is C38H46Ir2N4-2. The molecule has 6 rings (SSSR count). The van der Waals surface area contributed by atoms with Crippen molar-refractivity contribution in [2.24, 2.45) is 0 Å². The van der Waals surface area contributed by atoms with Gasteiger partial charge in [0, 0.05) is 51.3 Å². The van der Waals surface area contributed by atoms with Gasteiger partial charge in [0.05, 0.1) is 16.9 Å². The normalized spacial score (nSPS) is 8.77. The maximum Gasteiger partial charge on any atom is 0.116 e. The third-order valence-corrected chi connectivity index (χ3v) is 5.42. The van der Waals surface area contributed by atoms with Gasteiger partial charge in [0.25, 0.3) is 0 Å². The molecule has 0 amide bonds. The van der Waals surface area contributed by atoms with E-state index in [4.69, 9.17) is 0 Å². The Kier molecular flexibility index (Phi) is 24.6. The van der Waals surface area contributed by atoms with Gasteiger partial charge in [0.2, 0.25) is 0 Å². The molecule has 0 saturated carbocycles. The molecule has 0 spiro atoms. The molecule has 0 N–H and O–H groups in total. The van der Waals surface area contributed by atoms with Crippen LogP contribution in [0.3, 0.4) is 0 Å². The van der Waals surface area contributed by atoms with E-state index < -0.39 is 0 Å². The fourth-order valence-electron chi connectivity index (χ4n) is 3.83. The van der Waals surface area contributed by atoms with Crippen LogP contribution in [0.2, 0.25) is 0 Å². The van der Waals surface area contributed by atoms with Crippen molar-refractivity contribution < 1.29 is 40.2 Å². The van der Waals surface area contributed by atoms with Crippen LogP contribution in [0.25, 0.3) is 44.5 Å². The molecule has 0 atom stereocenters. The minimum Gasteiger partial charge on any atom is -0.283 e. The number of para-hydroxylation sites is 2. The molecule has 4 aromatic carbocycles. The Bertz CT molecular complexity index is 1570. The molecule has 2 aromatic heterocycles. The van der Waals surface area contributed by atoms with Gasteiger partial charge in [0.1, 0.15) is 5.82 Å². The van der Waals surface area contributed by atoms with Crippen LogP contribution >= 0.6 is 0 Å². The summed E-state index contributed by atoms with van der Waals surface area (Å²) in [5.41, 5.74) is 5.85. The number of nitrogens with zero attached hydrogens (tertiary/aromatic N) is 4. The van der Waals surface area contributed by atoms with Crippen molar-refractivity contribution >= 4 is 21.8 Å². The van der Waals surface area contributed by atoms with E-state index in [0.717, 1.165) is 56.0 Å². The Morgan fingerprint density at radius 3 is 1.43 bits per heavy atom.